The average molecular weight is 481 g/mol. The van der Waals surface area contributed by atoms with Crippen LogP contribution >= 0.6 is 0 Å². The molecule has 1 fully saturated rings. The van der Waals surface area contributed by atoms with Crippen LogP contribution < -0.4 is 19.1 Å². The van der Waals surface area contributed by atoms with E-state index in [9.17, 15) is 18.0 Å². The summed E-state index contributed by atoms with van der Waals surface area (Å²) in [6, 6.07) is 13.9. The predicted molar refractivity (Wildman–Crippen MR) is 124 cm³/mol. The Bertz CT molecular complexity index is 911. The first-order valence-electron chi connectivity index (χ1n) is 11.4. The summed E-state index contributed by atoms with van der Waals surface area (Å²) in [7, 11) is 1.57. The topological polar surface area (TPSA) is 51.2 Å². The second-order valence-electron chi connectivity index (χ2n) is 8.19. The van der Waals surface area contributed by atoms with Crippen LogP contribution in [0.5, 0.6) is 17.2 Å². The van der Waals surface area contributed by atoms with E-state index in [2.05, 4.69) is 0 Å². The molecular weight excluding hydrogens is 449 g/mol. The Morgan fingerprint density at radius 2 is 1.59 bits per heavy atom. The fraction of sp³-hybridized carbons (Fsp3) is 0.480. The standard InChI is InChI=1S/C25H31F3N2O4/c1-4-33-22-7-5-19(6-8-22)30(20-13-15-29(16-14-20)17-25(26,27)28)24(31)18(2)34-23-11-9-21(32-3)10-12-23/h5-12,18,20H,4,13-17H2,1-3H3/t18-/m0/s1. The smallest absolute Gasteiger partial charge is 0.401 e. The first-order valence-corrected chi connectivity index (χ1v) is 11.4. The molecule has 0 saturated carbocycles. The highest BCUT2D eigenvalue weighted by Gasteiger charge is 2.36. The molecule has 1 aliphatic heterocycles. The van der Waals surface area contributed by atoms with Gasteiger partial charge in [0.2, 0.25) is 0 Å². The number of halogens is 3. The molecule has 1 amide bonds. The third-order valence-electron chi connectivity index (χ3n) is 5.71. The van der Waals surface area contributed by atoms with E-state index >= 15 is 0 Å². The van der Waals surface area contributed by atoms with Crippen LogP contribution in [0.3, 0.4) is 0 Å². The van der Waals surface area contributed by atoms with Crippen molar-refractivity contribution in [3.05, 3.63) is 48.5 Å². The summed E-state index contributed by atoms with van der Waals surface area (Å²) < 4.78 is 55.0. The van der Waals surface area contributed by atoms with Gasteiger partial charge >= 0.3 is 6.18 Å². The average Bonchev–Trinajstić information content (AvgIpc) is 2.81. The second kappa shape index (κ2) is 11.5. The van der Waals surface area contributed by atoms with Crippen LogP contribution in [0.4, 0.5) is 18.9 Å². The lowest BCUT2D eigenvalue weighted by molar-refractivity contribution is -0.148. The minimum atomic E-state index is -4.24. The minimum Gasteiger partial charge on any atom is -0.497 e. The Balaban J connectivity index is 1.77. The quantitative estimate of drug-likeness (QED) is 0.510. The van der Waals surface area contributed by atoms with Gasteiger partial charge in [-0.25, -0.2) is 0 Å². The van der Waals surface area contributed by atoms with Gasteiger partial charge in [-0.1, -0.05) is 0 Å². The van der Waals surface area contributed by atoms with Crippen LogP contribution in [0.25, 0.3) is 0 Å². The highest BCUT2D eigenvalue weighted by Crippen LogP contribution is 2.29. The molecule has 34 heavy (non-hydrogen) atoms. The fourth-order valence-electron chi connectivity index (χ4n) is 4.08. The van der Waals surface area contributed by atoms with Crippen LogP contribution in [-0.4, -0.2) is 62.5 Å². The van der Waals surface area contributed by atoms with Gasteiger partial charge in [0.25, 0.3) is 5.91 Å². The van der Waals surface area contributed by atoms with E-state index in [1.165, 1.54) is 4.90 Å². The lowest BCUT2D eigenvalue weighted by Crippen LogP contribution is -2.52. The third-order valence-corrected chi connectivity index (χ3v) is 5.71. The molecule has 0 aromatic heterocycles. The highest BCUT2D eigenvalue weighted by atomic mass is 19.4. The number of hydrogen-bond donors (Lipinski definition) is 0. The van der Waals surface area contributed by atoms with E-state index in [0.29, 0.717) is 42.4 Å². The van der Waals surface area contributed by atoms with Crippen LogP contribution in [0, 0.1) is 0 Å². The number of piperidine rings is 1. The number of likely N-dealkylation sites (tertiary alicyclic amines) is 1. The zero-order chi connectivity index (χ0) is 24.7. The lowest BCUT2D eigenvalue weighted by Gasteiger charge is -2.39. The first-order chi connectivity index (χ1) is 16.2. The van der Waals surface area contributed by atoms with Crippen molar-refractivity contribution in [3.63, 3.8) is 0 Å². The molecule has 0 aliphatic carbocycles. The Kier molecular flexibility index (Phi) is 8.66. The monoisotopic (exact) mass is 480 g/mol. The van der Waals surface area contributed by atoms with Crippen molar-refractivity contribution >= 4 is 11.6 Å². The molecule has 0 radical (unpaired) electrons. The van der Waals surface area contributed by atoms with E-state index < -0.39 is 18.8 Å². The number of anilines is 1. The second-order valence-corrected chi connectivity index (χ2v) is 8.19. The Hall–Kier alpha value is -2.94. The number of benzene rings is 2. The van der Waals surface area contributed by atoms with E-state index in [1.807, 2.05) is 6.92 Å². The molecule has 2 aromatic carbocycles. The fourth-order valence-corrected chi connectivity index (χ4v) is 4.08. The van der Waals surface area contributed by atoms with Crippen molar-refractivity contribution in [1.82, 2.24) is 4.90 Å². The number of hydrogen-bond acceptors (Lipinski definition) is 5. The normalized spacial score (nSPS) is 16.1. The van der Waals surface area contributed by atoms with Gasteiger partial charge in [0.05, 0.1) is 20.3 Å². The molecule has 0 N–H and O–H groups in total. The van der Waals surface area contributed by atoms with Crippen LogP contribution in [-0.2, 0) is 4.79 Å². The molecule has 1 saturated heterocycles. The molecule has 1 aliphatic rings. The molecule has 0 unspecified atom stereocenters. The molecule has 9 heteroatoms. The number of amides is 1. The van der Waals surface area contributed by atoms with Crippen molar-refractivity contribution in [1.29, 1.82) is 0 Å². The Morgan fingerprint density at radius 1 is 1.03 bits per heavy atom. The maximum atomic E-state index is 13.5. The number of alkyl halides is 3. The van der Waals surface area contributed by atoms with Crippen LogP contribution in [0.15, 0.2) is 48.5 Å². The van der Waals surface area contributed by atoms with Crippen LogP contribution in [0.2, 0.25) is 0 Å². The molecule has 0 spiro atoms. The molecule has 1 heterocycles. The van der Waals surface area contributed by atoms with Crippen molar-refractivity contribution < 1.29 is 32.2 Å². The molecule has 6 nitrogen and oxygen atoms in total. The largest absolute Gasteiger partial charge is 0.497 e. The van der Waals surface area contributed by atoms with Gasteiger partial charge < -0.3 is 19.1 Å². The van der Waals surface area contributed by atoms with Gasteiger partial charge in [0, 0.05) is 24.8 Å². The molecule has 2 aromatic rings. The van der Waals surface area contributed by atoms with E-state index in [0.717, 1.165) is 0 Å². The van der Waals surface area contributed by atoms with Gasteiger partial charge in [-0.15, -0.1) is 0 Å². The Morgan fingerprint density at radius 3 is 2.12 bits per heavy atom. The number of carbonyl (C=O) groups excluding carboxylic acids is 1. The summed E-state index contributed by atoms with van der Waals surface area (Å²) in [4.78, 5) is 16.6. The van der Waals surface area contributed by atoms with Crippen molar-refractivity contribution in [3.8, 4) is 17.2 Å². The van der Waals surface area contributed by atoms with Crippen LogP contribution in [0.1, 0.15) is 26.7 Å². The Labute approximate surface area is 198 Å². The summed E-state index contributed by atoms with van der Waals surface area (Å²) in [6.45, 7) is 3.67. The molecule has 186 valence electrons. The number of rotatable bonds is 9. The summed E-state index contributed by atoms with van der Waals surface area (Å²) in [6.07, 6.45) is -4.17. The number of methoxy groups -OCH3 is 1. The third kappa shape index (κ3) is 7.03. The van der Waals surface area contributed by atoms with Crippen molar-refractivity contribution in [2.45, 2.75) is 45.0 Å². The van der Waals surface area contributed by atoms with Crippen molar-refractivity contribution in [2.24, 2.45) is 0 Å². The number of carbonyl (C=O) groups is 1. The lowest BCUT2D eigenvalue weighted by atomic mass is 10.0. The molecule has 3 rings (SSSR count). The maximum Gasteiger partial charge on any atom is 0.401 e. The van der Waals surface area contributed by atoms with Gasteiger partial charge in [0.1, 0.15) is 17.2 Å². The number of ether oxygens (including phenoxy) is 3. The zero-order valence-corrected chi connectivity index (χ0v) is 19.7. The van der Waals surface area contributed by atoms with Gasteiger partial charge in [-0.2, -0.15) is 13.2 Å². The summed E-state index contributed by atoms with van der Waals surface area (Å²) in [5.74, 6) is 1.62. The van der Waals surface area contributed by atoms with Gasteiger partial charge in [-0.05, 0) is 75.2 Å². The summed E-state index contributed by atoms with van der Waals surface area (Å²) in [5, 5.41) is 0. The molecule has 0 bridgehead atoms. The highest BCUT2D eigenvalue weighted by molar-refractivity contribution is 5.97. The van der Waals surface area contributed by atoms with Gasteiger partial charge in [-0.3, -0.25) is 9.69 Å². The number of nitrogens with zero attached hydrogens (tertiary/aromatic N) is 2. The maximum absolute atomic E-state index is 13.5. The van der Waals surface area contributed by atoms with E-state index in [1.54, 1.807) is 67.5 Å². The molecular formula is C25H31F3N2O4. The van der Waals surface area contributed by atoms with E-state index in [-0.39, 0.29) is 25.0 Å². The minimum absolute atomic E-state index is 0.239. The molecule has 1 atom stereocenters. The SMILES string of the molecule is CCOc1ccc(N(C(=O)[C@H](C)Oc2ccc(OC)cc2)C2CCN(CC(F)(F)F)CC2)cc1. The summed E-state index contributed by atoms with van der Waals surface area (Å²) >= 11 is 0. The zero-order valence-electron chi connectivity index (χ0n) is 19.7. The van der Waals surface area contributed by atoms with Gasteiger partial charge in [0.15, 0.2) is 6.10 Å². The van der Waals surface area contributed by atoms with Crippen molar-refractivity contribution in [2.75, 3.05) is 38.3 Å². The van der Waals surface area contributed by atoms with E-state index in [4.69, 9.17) is 14.2 Å². The summed E-state index contributed by atoms with van der Waals surface area (Å²) in [5.41, 5.74) is 0.660. The first kappa shape index (κ1) is 25.7. The predicted octanol–water partition coefficient (Wildman–Crippen LogP) is 4.92.